The van der Waals surface area contributed by atoms with Crippen molar-refractivity contribution in [3.05, 3.63) is 60.2 Å². The van der Waals surface area contributed by atoms with Gasteiger partial charge in [-0.3, -0.25) is 4.79 Å². The van der Waals surface area contributed by atoms with Crippen molar-refractivity contribution < 1.29 is 18.3 Å². The van der Waals surface area contributed by atoms with Crippen LogP contribution in [0.4, 0.5) is 5.69 Å². The number of carbonyl (C=O) groups is 1. The first kappa shape index (κ1) is 18.0. The van der Waals surface area contributed by atoms with E-state index in [1.54, 1.807) is 30.3 Å². The van der Waals surface area contributed by atoms with E-state index in [0.717, 1.165) is 0 Å². The summed E-state index contributed by atoms with van der Waals surface area (Å²) in [5, 5.41) is 22.7. The van der Waals surface area contributed by atoms with E-state index in [1.165, 1.54) is 24.3 Å². The van der Waals surface area contributed by atoms with Crippen molar-refractivity contribution in [3.8, 4) is 6.07 Å². The maximum absolute atomic E-state index is 12.3. The number of carboxylic acids is 1. The molecule has 0 atom stereocenters. The number of rotatable bonds is 5. The molecular weight excluding hydrogens is 344 g/mol. The van der Waals surface area contributed by atoms with E-state index >= 15 is 0 Å². The third-order valence-electron chi connectivity index (χ3n) is 2.94. The maximum atomic E-state index is 12.3. The fraction of sp³-hybridized carbons (Fsp3) is 0.0625. The van der Waals surface area contributed by atoms with Gasteiger partial charge >= 0.3 is 5.97 Å². The summed E-state index contributed by atoms with van der Waals surface area (Å²) in [6.45, 7) is -0.521. The van der Waals surface area contributed by atoms with E-state index in [9.17, 15) is 13.2 Å². The van der Waals surface area contributed by atoms with Gasteiger partial charge in [0.05, 0.1) is 16.5 Å². The Balaban J connectivity index is 2.31. The monoisotopic (exact) mass is 358 g/mol. The minimum atomic E-state index is -4.02. The molecule has 0 saturated carbocycles. The summed E-state index contributed by atoms with van der Waals surface area (Å²) in [6, 6.07) is 15.7. The Bertz CT molecular complexity index is 917. The maximum Gasteiger partial charge on any atom is 0.322 e. The van der Waals surface area contributed by atoms with Gasteiger partial charge in [-0.25, -0.2) is 0 Å². The van der Waals surface area contributed by atoms with Gasteiger partial charge in [-0.05, 0) is 36.4 Å². The van der Waals surface area contributed by atoms with Crippen molar-refractivity contribution in [2.24, 2.45) is 4.40 Å². The number of hydrogen-bond acceptors (Lipinski definition) is 4. The second kappa shape index (κ2) is 7.94. The SMILES string of the molecule is N#Cc1ccc(NC(=NS(=O)(=O)c2ccccc2)NCC(=O)O)cc1. The molecule has 128 valence electrons. The molecule has 0 aliphatic carbocycles. The van der Waals surface area contributed by atoms with Gasteiger partial charge in [-0.1, -0.05) is 18.2 Å². The second-order valence-electron chi connectivity index (χ2n) is 4.79. The van der Waals surface area contributed by atoms with Gasteiger partial charge < -0.3 is 15.7 Å². The van der Waals surface area contributed by atoms with E-state index in [0.29, 0.717) is 11.3 Å². The van der Waals surface area contributed by atoms with Crippen LogP contribution in [0.1, 0.15) is 5.56 Å². The summed E-state index contributed by atoms with van der Waals surface area (Å²) < 4.78 is 28.3. The zero-order chi connectivity index (χ0) is 18.3. The van der Waals surface area contributed by atoms with Crippen LogP contribution in [0.25, 0.3) is 0 Å². The Morgan fingerprint density at radius 2 is 1.76 bits per heavy atom. The number of aliphatic carboxylic acids is 1. The number of nitrogens with zero attached hydrogens (tertiary/aromatic N) is 2. The highest BCUT2D eigenvalue weighted by molar-refractivity contribution is 7.90. The summed E-state index contributed by atoms with van der Waals surface area (Å²) in [5.74, 6) is -1.41. The van der Waals surface area contributed by atoms with Gasteiger partial charge in [0.25, 0.3) is 10.0 Å². The molecule has 0 amide bonds. The quantitative estimate of drug-likeness (QED) is 0.543. The van der Waals surface area contributed by atoms with Crippen molar-refractivity contribution in [2.75, 3.05) is 11.9 Å². The van der Waals surface area contributed by atoms with Crippen LogP contribution in [0, 0.1) is 11.3 Å². The first-order valence-corrected chi connectivity index (χ1v) is 8.47. The molecule has 25 heavy (non-hydrogen) atoms. The lowest BCUT2D eigenvalue weighted by atomic mass is 10.2. The summed E-state index contributed by atoms with van der Waals surface area (Å²) in [6.07, 6.45) is 0. The number of carboxylic acid groups (broad SMARTS) is 1. The molecule has 2 aromatic rings. The topological polar surface area (TPSA) is 132 Å². The van der Waals surface area contributed by atoms with Gasteiger partial charge in [-0.15, -0.1) is 4.40 Å². The molecule has 0 bridgehead atoms. The average molecular weight is 358 g/mol. The molecule has 0 aliphatic heterocycles. The molecule has 3 N–H and O–H groups in total. The number of nitriles is 1. The van der Waals surface area contributed by atoms with Crippen LogP contribution in [-0.2, 0) is 14.8 Å². The fourth-order valence-corrected chi connectivity index (χ4v) is 2.75. The molecule has 9 heteroatoms. The predicted molar refractivity (Wildman–Crippen MR) is 91.5 cm³/mol. The zero-order valence-electron chi connectivity index (χ0n) is 12.9. The van der Waals surface area contributed by atoms with Crippen molar-refractivity contribution in [2.45, 2.75) is 4.90 Å². The number of benzene rings is 2. The molecular formula is C16H14N4O4S. The lowest BCUT2D eigenvalue weighted by Gasteiger charge is -2.11. The van der Waals surface area contributed by atoms with Gasteiger partial charge in [0.15, 0.2) is 0 Å². The number of guanidine groups is 1. The summed E-state index contributed by atoms with van der Waals surface area (Å²) in [4.78, 5) is 10.7. The molecule has 0 aromatic heterocycles. The molecule has 0 aliphatic rings. The summed E-state index contributed by atoms with van der Waals surface area (Å²) >= 11 is 0. The fourth-order valence-electron chi connectivity index (χ4n) is 1.79. The molecule has 2 aromatic carbocycles. The van der Waals surface area contributed by atoms with Crippen LogP contribution in [0.15, 0.2) is 63.9 Å². The zero-order valence-corrected chi connectivity index (χ0v) is 13.7. The van der Waals surface area contributed by atoms with Gasteiger partial charge in [-0.2, -0.15) is 13.7 Å². The highest BCUT2D eigenvalue weighted by Crippen LogP contribution is 2.13. The van der Waals surface area contributed by atoms with Crippen molar-refractivity contribution in [3.63, 3.8) is 0 Å². The number of nitrogens with one attached hydrogen (secondary N) is 2. The van der Waals surface area contributed by atoms with Crippen molar-refractivity contribution in [1.82, 2.24) is 5.32 Å². The minimum Gasteiger partial charge on any atom is -0.480 e. The molecule has 0 spiro atoms. The third kappa shape index (κ3) is 5.33. The van der Waals surface area contributed by atoms with Crippen molar-refractivity contribution in [1.29, 1.82) is 5.26 Å². The number of hydrogen-bond donors (Lipinski definition) is 3. The average Bonchev–Trinajstić information content (AvgIpc) is 2.61. The Kier molecular flexibility index (Phi) is 5.71. The van der Waals surface area contributed by atoms with E-state index in [1.807, 2.05) is 6.07 Å². The van der Waals surface area contributed by atoms with E-state index in [-0.39, 0.29) is 10.9 Å². The molecule has 0 unspecified atom stereocenters. The lowest BCUT2D eigenvalue weighted by Crippen LogP contribution is -2.35. The summed E-state index contributed by atoms with van der Waals surface area (Å²) in [5.41, 5.74) is 0.873. The Labute approximate surface area is 144 Å². The lowest BCUT2D eigenvalue weighted by molar-refractivity contribution is -0.135. The van der Waals surface area contributed by atoms with Crippen LogP contribution >= 0.6 is 0 Å². The predicted octanol–water partition coefficient (Wildman–Crippen LogP) is 1.39. The standard InChI is InChI=1S/C16H14N4O4S/c17-10-12-6-8-13(9-7-12)19-16(18-11-15(21)22)20-25(23,24)14-4-2-1-3-5-14/h1-9H,11H2,(H,21,22)(H2,18,19,20). The number of sulfonamides is 1. The van der Waals surface area contributed by atoms with Crippen LogP contribution in [-0.4, -0.2) is 32.0 Å². The molecule has 0 saturated heterocycles. The Hall–Kier alpha value is -3.38. The van der Waals surface area contributed by atoms with E-state index in [4.69, 9.17) is 10.4 Å². The highest BCUT2D eigenvalue weighted by atomic mass is 32.2. The smallest absolute Gasteiger partial charge is 0.322 e. The van der Waals surface area contributed by atoms with Gasteiger partial charge in [0, 0.05) is 5.69 Å². The normalized spacial score (nSPS) is 11.4. The molecule has 0 radical (unpaired) electrons. The minimum absolute atomic E-state index is 0.0220. The van der Waals surface area contributed by atoms with Crippen LogP contribution in [0.3, 0.4) is 0 Å². The summed E-state index contributed by atoms with van der Waals surface area (Å²) in [7, 11) is -4.02. The molecule has 2 rings (SSSR count). The largest absolute Gasteiger partial charge is 0.480 e. The van der Waals surface area contributed by atoms with Crippen molar-refractivity contribution >= 4 is 27.6 Å². The Morgan fingerprint density at radius 3 is 2.32 bits per heavy atom. The number of anilines is 1. The van der Waals surface area contributed by atoms with E-state index < -0.39 is 22.5 Å². The molecule has 0 fully saturated rings. The van der Waals surface area contributed by atoms with Crippen LogP contribution in [0.2, 0.25) is 0 Å². The molecule has 0 heterocycles. The van der Waals surface area contributed by atoms with Gasteiger partial charge in [0.1, 0.15) is 6.54 Å². The third-order valence-corrected chi connectivity index (χ3v) is 4.23. The first-order chi connectivity index (χ1) is 11.9. The Morgan fingerprint density at radius 1 is 1.12 bits per heavy atom. The first-order valence-electron chi connectivity index (χ1n) is 7.03. The van der Waals surface area contributed by atoms with E-state index in [2.05, 4.69) is 15.0 Å². The second-order valence-corrected chi connectivity index (χ2v) is 6.39. The van der Waals surface area contributed by atoms with Gasteiger partial charge in [0.2, 0.25) is 5.96 Å². The molecule has 8 nitrogen and oxygen atoms in total. The van der Waals surface area contributed by atoms with Crippen LogP contribution < -0.4 is 10.6 Å². The highest BCUT2D eigenvalue weighted by Gasteiger charge is 2.15. The van der Waals surface area contributed by atoms with Crippen LogP contribution in [0.5, 0.6) is 0 Å².